The molecule has 0 radical (unpaired) electrons. The molecule has 1 heterocycles. The monoisotopic (exact) mass is 692 g/mol. The minimum atomic E-state index is -0.243. The van der Waals surface area contributed by atoms with E-state index in [9.17, 15) is 0 Å². The van der Waals surface area contributed by atoms with Gasteiger partial charge in [0.05, 0.1) is 5.69 Å². The molecule has 0 fully saturated rings. The van der Waals surface area contributed by atoms with Crippen LogP contribution in [0.2, 0.25) is 0 Å². The normalized spacial score (nSPS) is 13.3. The van der Waals surface area contributed by atoms with Crippen LogP contribution in [0.15, 0.2) is 206 Å². The Morgan fingerprint density at radius 1 is 0.352 bits per heavy atom. The molecule has 0 bridgehead atoms. The molecule has 0 amide bonds. The average molecular weight is 693 g/mol. The fourth-order valence-electron chi connectivity index (χ4n) is 7.78. The summed E-state index contributed by atoms with van der Waals surface area (Å²) in [5, 5.41) is 8.37. The van der Waals surface area contributed by atoms with Crippen molar-refractivity contribution in [3.05, 3.63) is 212 Å². The summed E-state index contributed by atoms with van der Waals surface area (Å²) in [6.45, 7) is 0. The number of anilines is 4. The zero-order chi connectivity index (χ0) is 35.8. The van der Waals surface area contributed by atoms with Gasteiger partial charge in [-0.1, -0.05) is 164 Å². The number of hydrogen-bond donors (Lipinski definition) is 1. The van der Waals surface area contributed by atoms with Crippen molar-refractivity contribution >= 4 is 44.3 Å². The van der Waals surface area contributed by atoms with Crippen molar-refractivity contribution in [2.75, 3.05) is 10.2 Å². The van der Waals surface area contributed by atoms with Crippen molar-refractivity contribution in [1.82, 2.24) is 0 Å². The molecule has 0 saturated carbocycles. The van der Waals surface area contributed by atoms with Crippen LogP contribution in [0.3, 0.4) is 0 Å². The van der Waals surface area contributed by atoms with Gasteiger partial charge in [-0.15, -0.1) is 0 Å². The first-order valence-electron chi connectivity index (χ1n) is 18.4. The van der Waals surface area contributed by atoms with E-state index in [-0.39, 0.29) is 6.23 Å². The Labute approximate surface area is 315 Å². The standard InChI is InChI=1S/C51H36N2O/c1-4-12-35(13-5-1)37-20-27-42(28-21-37)53(43-29-22-38(23-30-43)36-14-6-2-7-15-36)44-31-24-39(25-32-44)41-26-33-46-45-18-10-11-19-47(45)49-50(48(46)34-41)54-51(52-49)40-16-8-3-9-17-40/h1-34,51-52H. The van der Waals surface area contributed by atoms with Crippen LogP contribution in [-0.4, -0.2) is 0 Å². The summed E-state index contributed by atoms with van der Waals surface area (Å²) in [6, 6.07) is 73.4. The summed E-state index contributed by atoms with van der Waals surface area (Å²) in [4.78, 5) is 2.33. The first kappa shape index (κ1) is 31.6. The molecule has 1 unspecified atom stereocenters. The second-order valence-corrected chi connectivity index (χ2v) is 13.8. The molecule has 3 nitrogen and oxygen atoms in total. The summed E-state index contributed by atoms with van der Waals surface area (Å²) in [5.41, 5.74) is 12.5. The predicted octanol–water partition coefficient (Wildman–Crippen LogP) is 14.0. The summed E-state index contributed by atoms with van der Waals surface area (Å²) >= 11 is 0. The van der Waals surface area contributed by atoms with Crippen LogP contribution in [0.1, 0.15) is 11.8 Å². The third kappa shape index (κ3) is 5.73. The van der Waals surface area contributed by atoms with Gasteiger partial charge < -0.3 is 15.0 Å². The Morgan fingerprint density at radius 3 is 1.30 bits per heavy atom. The average Bonchev–Trinajstić information content (AvgIpc) is 3.72. The highest BCUT2D eigenvalue weighted by Crippen LogP contribution is 2.49. The van der Waals surface area contributed by atoms with Gasteiger partial charge in [0.1, 0.15) is 0 Å². The number of nitrogens with one attached hydrogen (secondary N) is 1. The molecular formula is C51H36N2O. The smallest absolute Gasteiger partial charge is 0.196 e. The lowest BCUT2D eigenvalue weighted by atomic mass is 9.95. The van der Waals surface area contributed by atoms with Crippen LogP contribution in [0.25, 0.3) is 54.9 Å². The van der Waals surface area contributed by atoms with E-state index in [1.165, 1.54) is 38.4 Å². The van der Waals surface area contributed by atoms with Crippen molar-refractivity contribution in [3.8, 4) is 39.1 Å². The molecule has 54 heavy (non-hydrogen) atoms. The second-order valence-electron chi connectivity index (χ2n) is 13.8. The van der Waals surface area contributed by atoms with Gasteiger partial charge in [-0.3, -0.25) is 0 Å². The summed E-state index contributed by atoms with van der Waals surface area (Å²) in [5.74, 6) is 0.903. The van der Waals surface area contributed by atoms with Crippen molar-refractivity contribution in [2.45, 2.75) is 6.23 Å². The van der Waals surface area contributed by atoms with Crippen LogP contribution in [-0.2, 0) is 0 Å². The summed E-state index contributed by atoms with van der Waals surface area (Å²) in [7, 11) is 0. The number of rotatable bonds is 7. The Hall–Kier alpha value is -7.10. The molecule has 0 saturated heterocycles. The van der Waals surface area contributed by atoms with Crippen LogP contribution in [0.5, 0.6) is 5.75 Å². The van der Waals surface area contributed by atoms with Gasteiger partial charge in [-0.2, -0.15) is 0 Å². The van der Waals surface area contributed by atoms with E-state index in [0.717, 1.165) is 50.6 Å². The lowest BCUT2D eigenvalue weighted by molar-refractivity contribution is 0.262. The summed E-state index contributed by atoms with van der Waals surface area (Å²) in [6.07, 6.45) is -0.243. The number of benzene rings is 9. The third-order valence-corrected chi connectivity index (χ3v) is 10.5. The van der Waals surface area contributed by atoms with Gasteiger partial charge in [0.15, 0.2) is 12.0 Å². The van der Waals surface area contributed by atoms with Gasteiger partial charge in [0.2, 0.25) is 0 Å². The van der Waals surface area contributed by atoms with E-state index in [2.05, 4.69) is 210 Å². The maximum absolute atomic E-state index is 6.71. The number of hydrogen-bond acceptors (Lipinski definition) is 3. The molecule has 1 aliphatic heterocycles. The van der Waals surface area contributed by atoms with Crippen molar-refractivity contribution in [2.24, 2.45) is 0 Å². The van der Waals surface area contributed by atoms with Crippen molar-refractivity contribution in [3.63, 3.8) is 0 Å². The quantitative estimate of drug-likeness (QED) is 0.168. The lowest BCUT2D eigenvalue weighted by Crippen LogP contribution is -2.09. The minimum absolute atomic E-state index is 0.243. The number of nitrogens with zero attached hydrogens (tertiary/aromatic N) is 1. The van der Waals surface area contributed by atoms with Gasteiger partial charge in [-0.05, 0) is 86.6 Å². The molecule has 0 spiro atoms. The highest BCUT2D eigenvalue weighted by molar-refractivity contribution is 6.18. The predicted molar refractivity (Wildman–Crippen MR) is 226 cm³/mol. The third-order valence-electron chi connectivity index (χ3n) is 10.5. The highest BCUT2D eigenvalue weighted by Gasteiger charge is 2.28. The van der Waals surface area contributed by atoms with E-state index in [1.54, 1.807) is 0 Å². The first-order valence-corrected chi connectivity index (χ1v) is 18.4. The molecule has 1 N–H and O–H groups in total. The van der Waals surface area contributed by atoms with Crippen molar-refractivity contribution in [1.29, 1.82) is 0 Å². The molecular weight excluding hydrogens is 657 g/mol. The highest BCUT2D eigenvalue weighted by atomic mass is 16.5. The fraction of sp³-hybridized carbons (Fsp3) is 0.0196. The zero-order valence-electron chi connectivity index (χ0n) is 29.6. The van der Waals surface area contributed by atoms with Gasteiger partial charge in [0.25, 0.3) is 0 Å². The van der Waals surface area contributed by atoms with E-state index in [4.69, 9.17) is 4.74 Å². The lowest BCUT2D eigenvalue weighted by Gasteiger charge is -2.26. The van der Waals surface area contributed by atoms with E-state index in [1.807, 2.05) is 6.07 Å². The van der Waals surface area contributed by atoms with Gasteiger partial charge in [0, 0.05) is 33.4 Å². The zero-order valence-corrected chi connectivity index (χ0v) is 29.6. The topological polar surface area (TPSA) is 24.5 Å². The fourth-order valence-corrected chi connectivity index (χ4v) is 7.78. The number of ether oxygens (including phenoxy) is 1. The van der Waals surface area contributed by atoms with E-state index >= 15 is 0 Å². The molecule has 10 rings (SSSR count). The Balaban J connectivity index is 1.03. The van der Waals surface area contributed by atoms with Crippen LogP contribution in [0.4, 0.5) is 22.7 Å². The van der Waals surface area contributed by atoms with Gasteiger partial charge >= 0.3 is 0 Å². The minimum Gasteiger partial charge on any atom is -0.464 e. The molecule has 0 aromatic heterocycles. The molecule has 9 aromatic carbocycles. The van der Waals surface area contributed by atoms with Crippen molar-refractivity contribution < 1.29 is 4.74 Å². The van der Waals surface area contributed by atoms with Gasteiger partial charge in [-0.25, -0.2) is 0 Å². The molecule has 9 aromatic rings. The maximum atomic E-state index is 6.71. The SMILES string of the molecule is c1ccc(-c2ccc(N(c3ccc(-c4ccccc4)cc3)c3ccc(-c4ccc5c(c4)c4c(c6ccccc65)NC(c5ccccc5)O4)cc3)cc2)cc1. The Kier molecular flexibility index (Phi) is 7.88. The summed E-state index contributed by atoms with van der Waals surface area (Å²) < 4.78 is 6.71. The van der Waals surface area contributed by atoms with Crippen LogP contribution >= 0.6 is 0 Å². The Morgan fingerprint density at radius 2 is 0.759 bits per heavy atom. The molecule has 3 heteroatoms. The maximum Gasteiger partial charge on any atom is 0.196 e. The molecule has 0 aliphatic carbocycles. The van der Waals surface area contributed by atoms with E-state index < -0.39 is 0 Å². The molecule has 1 aliphatic rings. The van der Waals surface area contributed by atoms with Crippen LogP contribution < -0.4 is 15.0 Å². The second kappa shape index (κ2) is 13.5. The molecule has 1 atom stereocenters. The molecule has 256 valence electrons. The first-order chi connectivity index (χ1) is 26.8. The van der Waals surface area contributed by atoms with Crippen LogP contribution in [0, 0.1) is 0 Å². The van der Waals surface area contributed by atoms with E-state index in [0.29, 0.717) is 0 Å². The number of fused-ring (bicyclic) bond motifs is 6. The largest absolute Gasteiger partial charge is 0.464 e. The Bertz CT molecular complexity index is 2640.